The molecule has 126 valence electrons. The van der Waals surface area contributed by atoms with Crippen molar-refractivity contribution in [2.24, 2.45) is 0 Å². The quantitative estimate of drug-likeness (QED) is 0.429. The van der Waals surface area contributed by atoms with E-state index in [4.69, 9.17) is 0 Å². The molecule has 0 saturated carbocycles. The van der Waals surface area contributed by atoms with Crippen molar-refractivity contribution in [3.8, 4) is 0 Å². The van der Waals surface area contributed by atoms with Crippen molar-refractivity contribution in [2.75, 3.05) is 6.54 Å². The Labute approximate surface area is 122 Å². The minimum absolute atomic E-state index is 0.304. The Kier molecular flexibility index (Phi) is 9.53. The SMILES string of the molecule is CCCCCCCCNC(=O)CCCC(F)(F)C(F)(F)F. The fraction of sp³-hybridized carbons (Fsp3) is 0.929. The van der Waals surface area contributed by atoms with Gasteiger partial charge in [0.15, 0.2) is 0 Å². The third-order valence-corrected chi connectivity index (χ3v) is 3.16. The summed E-state index contributed by atoms with van der Waals surface area (Å²) in [5, 5.41) is 2.53. The van der Waals surface area contributed by atoms with E-state index in [1.54, 1.807) is 0 Å². The van der Waals surface area contributed by atoms with Crippen molar-refractivity contribution in [1.82, 2.24) is 5.32 Å². The van der Waals surface area contributed by atoms with E-state index >= 15 is 0 Å². The number of hydrogen-bond acceptors (Lipinski definition) is 1. The lowest BCUT2D eigenvalue weighted by molar-refractivity contribution is -0.284. The topological polar surface area (TPSA) is 29.1 Å². The van der Waals surface area contributed by atoms with E-state index in [-0.39, 0.29) is 6.42 Å². The fourth-order valence-corrected chi connectivity index (χ4v) is 1.83. The molecule has 7 heteroatoms. The van der Waals surface area contributed by atoms with Crippen molar-refractivity contribution >= 4 is 5.91 Å². The predicted molar refractivity (Wildman–Crippen MR) is 71.2 cm³/mol. The molecule has 0 bridgehead atoms. The summed E-state index contributed by atoms with van der Waals surface area (Å²) >= 11 is 0. The van der Waals surface area contributed by atoms with E-state index in [0.29, 0.717) is 6.54 Å². The van der Waals surface area contributed by atoms with Gasteiger partial charge in [0.1, 0.15) is 0 Å². The maximum Gasteiger partial charge on any atom is 0.453 e. The van der Waals surface area contributed by atoms with Gasteiger partial charge in [-0.3, -0.25) is 4.79 Å². The van der Waals surface area contributed by atoms with Crippen LogP contribution in [-0.2, 0) is 4.79 Å². The van der Waals surface area contributed by atoms with Crippen molar-refractivity contribution in [2.45, 2.75) is 76.8 Å². The number of halogens is 5. The average Bonchev–Trinajstić information content (AvgIpc) is 2.36. The van der Waals surface area contributed by atoms with Gasteiger partial charge in [-0.05, 0) is 12.8 Å². The Hall–Kier alpha value is -0.880. The zero-order chi connectivity index (χ0) is 16.4. The molecular weight excluding hydrogens is 293 g/mol. The molecule has 0 atom stereocenters. The molecular formula is C14H24F5NO. The molecule has 0 aliphatic carbocycles. The average molecular weight is 317 g/mol. The van der Waals surface area contributed by atoms with E-state index in [1.807, 2.05) is 0 Å². The number of rotatable bonds is 11. The third-order valence-electron chi connectivity index (χ3n) is 3.16. The van der Waals surface area contributed by atoms with Crippen molar-refractivity contribution in [3.05, 3.63) is 0 Å². The number of amides is 1. The summed E-state index contributed by atoms with van der Waals surface area (Å²) in [5.74, 6) is -5.19. The van der Waals surface area contributed by atoms with Gasteiger partial charge in [-0.25, -0.2) is 0 Å². The molecule has 0 radical (unpaired) electrons. The van der Waals surface area contributed by atoms with Gasteiger partial charge in [-0.2, -0.15) is 22.0 Å². The molecule has 1 N–H and O–H groups in total. The van der Waals surface area contributed by atoms with Gasteiger partial charge in [0.05, 0.1) is 0 Å². The van der Waals surface area contributed by atoms with Crippen LogP contribution in [0.4, 0.5) is 22.0 Å². The van der Waals surface area contributed by atoms with Crippen LogP contribution in [0.5, 0.6) is 0 Å². The first-order valence-corrected chi connectivity index (χ1v) is 7.42. The van der Waals surface area contributed by atoms with E-state index in [1.165, 1.54) is 6.42 Å². The molecule has 0 aliphatic heterocycles. The molecule has 0 unspecified atom stereocenters. The first-order chi connectivity index (χ1) is 9.70. The number of nitrogens with one attached hydrogen (secondary N) is 1. The Bertz CT molecular complexity index is 292. The van der Waals surface area contributed by atoms with Crippen LogP contribution >= 0.6 is 0 Å². The standard InChI is InChI=1S/C14H24F5NO/c1-2-3-4-5-6-7-11-20-12(21)9-8-10-13(15,16)14(17,18)19/h2-11H2,1H3,(H,20,21). The van der Waals surface area contributed by atoms with Crippen LogP contribution in [0.15, 0.2) is 0 Å². The highest BCUT2D eigenvalue weighted by Gasteiger charge is 2.56. The molecule has 2 nitrogen and oxygen atoms in total. The molecule has 0 aliphatic rings. The van der Waals surface area contributed by atoms with Gasteiger partial charge in [0.25, 0.3) is 0 Å². The lowest BCUT2D eigenvalue weighted by Gasteiger charge is -2.19. The van der Waals surface area contributed by atoms with Crippen molar-refractivity contribution in [3.63, 3.8) is 0 Å². The summed E-state index contributed by atoms with van der Waals surface area (Å²) in [6.45, 7) is 2.56. The second kappa shape index (κ2) is 9.95. The number of hydrogen-bond donors (Lipinski definition) is 1. The zero-order valence-corrected chi connectivity index (χ0v) is 12.4. The third kappa shape index (κ3) is 9.63. The number of carbonyl (C=O) groups is 1. The van der Waals surface area contributed by atoms with Gasteiger partial charge >= 0.3 is 12.1 Å². The maximum atomic E-state index is 12.6. The maximum absolute atomic E-state index is 12.6. The summed E-state index contributed by atoms with van der Waals surface area (Å²) in [4.78, 5) is 11.3. The molecule has 0 rings (SSSR count). The predicted octanol–water partition coefficient (Wildman–Crippen LogP) is 4.83. The Balaban J connectivity index is 3.60. The van der Waals surface area contributed by atoms with Crippen LogP contribution in [0.2, 0.25) is 0 Å². The van der Waals surface area contributed by atoms with Gasteiger partial charge < -0.3 is 5.32 Å². The second-order valence-corrected chi connectivity index (χ2v) is 5.17. The first kappa shape index (κ1) is 20.1. The molecule has 0 spiro atoms. The van der Waals surface area contributed by atoms with E-state index in [9.17, 15) is 26.7 Å². The fourth-order valence-electron chi connectivity index (χ4n) is 1.83. The lowest BCUT2D eigenvalue weighted by Crippen LogP contribution is -2.36. The summed E-state index contributed by atoms with van der Waals surface area (Å²) in [5.41, 5.74) is 0. The van der Waals surface area contributed by atoms with Crippen molar-refractivity contribution in [1.29, 1.82) is 0 Å². The van der Waals surface area contributed by atoms with Gasteiger partial charge in [-0.1, -0.05) is 39.0 Å². The minimum atomic E-state index is -5.54. The molecule has 0 aromatic rings. The van der Waals surface area contributed by atoms with Gasteiger partial charge in [0, 0.05) is 19.4 Å². The second-order valence-electron chi connectivity index (χ2n) is 5.17. The summed E-state index contributed by atoms with van der Waals surface area (Å²) in [7, 11) is 0. The summed E-state index contributed by atoms with van der Waals surface area (Å²) < 4.78 is 60.8. The summed E-state index contributed by atoms with van der Waals surface area (Å²) in [6, 6.07) is 0. The van der Waals surface area contributed by atoms with Crippen LogP contribution < -0.4 is 5.32 Å². The number of carbonyl (C=O) groups excluding carboxylic acids is 1. The minimum Gasteiger partial charge on any atom is -0.356 e. The van der Waals surface area contributed by atoms with E-state index < -0.39 is 30.8 Å². The van der Waals surface area contributed by atoms with Crippen LogP contribution in [0.1, 0.15) is 64.7 Å². The van der Waals surface area contributed by atoms with E-state index in [0.717, 1.165) is 32.1 Å². The van der Waals surface area contributed by atoms with Crippen molar-refractivity contribution < 1.29 is 26.7 Å². The highest BCUT2D eigenvalue weighted by atomic mass is 19.4. The van der Waals surface area contributed by atoms with E-state index in [2.05, 4.69) is 12.2 Å². The molecule has 0 saturated heterocycles. The Morgan fingerprint density at radius 1 is 0.905 bits per heavy atom. The molecule has 1 amide bonds. The highest BCUT2D eigenvalue weighted by molar-refractivity contribution is 5.75. The first-order valence-electron chi connectivity index (χ1n) is 7.42. The molecule has 0 aromatic heterocycles. The monoisotopic (exact) mass is 317 g/mol. The Morgan fingerprint density at radius 3 is 2.05 bits per heavy atom. The van der Waals surface area contributed by atoms with Crippen LogP contribution in [0.25, 0.3) is 0 Å². The largest absolute Gasteiger partial charge is 0.453 e. The normalized spacial score (nSPS) is 12.5. The smallest absolute Gasteiger partial charge is 0.356 e. The van der Waals surface area contributed by atoms with Gasteiger partial charge in [-0.15, -0.1) is 0 Å². The van der Waals surface area contributed by atoms with Crippen LogP contribution in [0, 0.1) is 0 Å². The number of alkyl halides is 5. The number of unbranched alkanes of at least 4 members (excludes halogenated alkanes) is 5. The molecule has 0 aromatic carbocycles. The molecule has 0 heterocycles. The highest BCUT2D eigenvalue weighted by Crippen LogP contribution is 2.38. The summed E-state index contributed by atoms with van der Waals surface area (Å²) in [6.07, 6.45) is -1.32. The van der Waals surface area contributed by atoms with Crippen LogP contribution in [-0.4, -0.2) is 24.6 Å². The zero-order valence-electron chi connectivity index (χ0n) is 12.4. The Morgan fingerprint density at radius 2 is 1.48 bits per heavy atom. The molecule has 0 fully saturated rings. The van der Waals surface area contributed by atoms with Gasteiger partial charge in [0.2, 0.25) is 5.91 Å². The lowest BCUT2D eigenvalue weighted by atomic mass is 10.1. The molecule has 21 heavy (non-hydrogen) atoms. The van der Waals surface area contributed by atoms with Crippen LogP contribution in [0.3, 0.4) is 0 Å².